The molecule has 1 aromatic carbocycles. The summed E-state index contributed by atoms with van der Waals surface area (Å²) in [6.07, 6.45) is 0. The van der Waals surface area contributed by atoms with E-state index in [0.29, 0.717) is 11.7 Å². The number of carbonyl (C=O) groups is 1. The topological polar surface area (TPSA) is 62.1 Å². The second-order valence-corrected chi connectivity index (χ2v) is 4.98. The molecule has 0 aromatic heterocycles. The summed E-state index contributed by atoms with van der Waals surface area (Å²) in [5.74, 6) is 0.703. The highest BCUT2D eigenvalue weighted by Crippen LogP contribution is 2.29. The van der Waals surface area contributed by atoms with Gasteiger partial charge >= 0.3 is 0 Å². The minimum Gasteiger partial charge on any atom is -0.483 e. The third-order valence-corrected chi connectivity index (χ3v) is 2.81. The first-order valence-electron chi connectivity index (χ1n) is 5.60. The number of nitrogens with one attached hydrogen (secondary N) is 1. The first-order chi connectivity index (χ1) is 8.54. The summed E-state index contributed by atoms with van der Waals surface area (Å²) in [7, 11) is 0. The summed E-state index contributed by atoms with van der Waals surface area (Å²) in [6, 6.07) is 7.52. The van der Waals surface area contributed by atoms with Gasteiger partial charge in [-0.15, -0.1) is 0 Å². The fourth-order valence-corrected chi connectivity index (χ4v) is 1.81. The normalized spacial score (nSPS) is 9.94. The quantitative estimate of drug-likeness (QED) is 0.850. The van der Waals surface area contributed by atoms with Crippen molar-refractivity contribution in [3.63, 3.8) is 0 Å². The van der Waals surface area contributed by atoms with Crippen molar-refractivity contribution in [3.8, 4) is 11.8 Å². The van der Waals surface area contributed by atoms with Crippen molar-refractivity contribution in [1.29, 1.82) is 5.26 Å². The molecule has 18 heavy (non-hydrogen) atoms. The molecule has 0 spiro atoms. The number of benzene rings is 1. The molecule has 4 nitrogen and oxygen atoms in total. The fraction of sp³-hybridized carbons (Fsp3) is 0.385. The van der Waals surface area contributed by atoms with Gasteiger partial charge < -0.3 is 10.1 Å². The highest BCUT2D eigenvalue weighted by atomic mass is 79.9. The lowest BCUT2D eigenvalue weighted by Gasteiger charge is -2.14. The number of rotatable bonds is 5. The number of carbonyl (C=O) groups excluding carboxylic acids is 1. The lowest BCUT2D eigenvalue weighted by Crippen LogP contribution is -2.29. The first-order valence-corrected chi connectivity index (χ1v) is 6.39. The van der Waals surface area contributed by atoms with Crippen molar-refractivity contribution in [3.05, 3.63) is 28.2 Å². The van der Waals surface area contributed by atoms with Gasteiger partial charge in [-0.05, 0) is 29.7 Å². The molecule has 0 radical (unpaired) electrons. The molecule has 0 bridgehead atoms. The SMILES string of the molecule is CC(C)c1cc(Br)ccc1OCC(=O)NCC#N. The molecule has 1 rings (SSSR count). The van der Waals surface area contributed by atoms with E-state index < -0.39 is 0 Å². The second-order valence-electron chi connectivity index (χ2n) is 4.06. The van der Waals surface area contributed by atoms with Crippen LogP contribution in [-0.4, -0.2) is 19.1 Å². The molecule has 0 fully saturated rings. The zero-order valence-corrected chi connectivity index (χ0v) is 12.0. The highest BCUT2D eigenvalue weighted by Gasteiger charge is 2.10. The number of nitriles is 1. The van der Waals surface area contributed by atoms with Crippen LogP contribution in [0.1, 0.15) is 25.3 Å². The van der Waals surface area contributed by atoms with Crippen LogP contribution in [0.2, 0.25) is 0 Å². The molecular formula is C13H15BrN2O2. The third-order valence-electron chi connectivity index (χ3n) is 2.32. The molecule has 0 aliphatic heterocycles. The maximum Gasteiger partial charge on any atom is 0.258 e. The number of nitrogens with zero attached hydrogens (tertiary/aromatic N) is 1. The van der Waals surface area contributed by atoms with Gasteiger partial charge in [0.25, 0.3) is 5.91 Å². The van der Waals surface area contributed by atoms with Crippen molar-refractivity contribution < 1.29 is 9.53 Å². The fourth-order valence-electron chi connectivity index (χ4n) is 1.43. The maximum atomic E-state index is 11.3. The Morgan fingerprint density at radius 3 is 2.89 bits per heavy atom. The highest BCUT2D eigenvalue weighted by molar-refractivity contribution is 9.10. The van der Waals surface area contributed by atoms with Crippen LogP contribution >= 0.6 is 15.9 Å². The van der Waals surface area contributed by atoms with Crippen LogP contribution in [0.5, 0.6) is 5.75 Å². The molecular weight excluding hydrogens is 296 g/mol. The minimum absolute atomic E-state index is 0.000428. The van der Waals surface area contributed by atoms with Gasteiger partial charge in [-0.2, -0.15) is 5.26 Å². The summed E-state index contributed by atoms with van der Waals surface area (Å²) in [6.45, 7) is 4.04. The Kier molecular flexibility index (Phi) is 5.66. The molecule has 0 saturated heterocycles. The van der Waals surface area contributed by atoms with E-state index in [0.717, 1.165) is 10.0 Å². The molecule has 5 heteroatoms. The van der Waals surface area contributed by atoms with Crippen molar-refractivity contribution in [2.24, 2.45) is 0 Å². The summed E-state index contributed by atoms with van der Waals surface area (Å²) in [4.78, 5) is 11.3. The van der Waals surface area contributed by atoms with Gasteiger partial charge in [0, 0.05) is 4.47 Å². The minimum atomic E-state index is -0.297. The van der Waals surface area contributed by atoms with Crippen LogP contribution in [-0.2, 0) is 4.79 Å². The second kappa shape index (κ2) is 7.02. The summed E-state index contributed by atoms with van der Waals surface area (Å²) < 4.78 is 6.45. The Hall–Kier alpha value is -1.54. The molecule has 1 N–H and O–H groups in total. The lowest BCUT2D eigenvalue weighted by molar-refractivity contribution is -0.122. The van der Waals surface area contributed by atoms with E-state index in [1.54, 1.807) is 0 Å². The van der Waals surface area contributed by atoms with Gasteiger partial charge in [-0.3, -0.25) is 4.79 Å². The van der Waals surface area contributed by atoms with E-state index in [9.17, 15) is 4.79 Å². The molecule has 0 aliphatic rings. The van der Waals surface area contributed by atoms with Crippen LogP contribution < -0.4 is 10.1 Å². The van der Waals surface area contributed by atoms with Gasteiger partial charge in [0.1, 0.15) is 12.3 Å². The summed E-state index contributed by atoms with van der Waals surface area (Å²) >= 11 is 3.41. The molecule has 1 amide bonds. The largest absolute Gasteiger partial charge is 0.483 e. The van der Waals surface area contributed by atoms with Crippen molar-refractivity contribution >= 4 is 21.8 Å². The zero-order valence-electron chi connectivity index (χ0n) is 10.4. The number of hydrogen-bond acceptors (Lipinski definition) is 3. The van der Waals surface area contributed by atoms with E-state index in [2.05, 4.69) is 35.1 Å². The smallest absolute Gasteiger partial charge is 0.258 e. The number of halogens is 1. The Morgan fingerprint density at radius 2 is 2.28 bits per heavy atom. The molecule has 1 aromatic rings. The Balaban J connectivity index is 2.67. The van der Waals surface area contributed by atoms with E-state index in [1.807, 2.05) is 24.3 Å². The number of amides is 1. The summed E-state index contributed by atoms with van der Waals surface area (Å²) in [5.41, 5.74) is 1.04. The zero-order chi connectivity index (χ0) is 13.5. The van der Waals surface area contributed by atoms with E-state index in [1.165, 1.54) is 0 Å². The van der Waals surface area contributed by atoms with Crippen molar-refractivity contribution in [2.75, 3.05) is 13.2 Å². The molecule has 0 heterocycles. The molecule has 0 aliphatic carbocycles. The van der Waals surface area contributed by atoms with Gasteiger partial charge in [-0.1, -0.05) is 29.8 Å². The predicted molar refractivity (Wildman–Crippen MR) is 72.3 cm³/mol. The first kappa shape index (κ1) is 14.5. The van der Waals surface area contributed by atoms with Crippen LogP contribution in [0.15, 0.2) is 22.7 Å². The predicted octanol–water partition coefficient (Wildman–Crippen LogP) is 2.59. The number of hydrogen-bond donors (Lipinski definition) is 1. The molecule has 0 unspecified atom stereocenters. The van der Waals surface area contributed by atoms with Crippen LogP contribution in [0.4, 0.5) is 0 Å². The third kappa shape index (κ3) is 4.38. The molecule has 0 atom stereocenters. The lowest BCUT2D eigenvalue weighted by atomic mass is 10.0. The van der Waals surface area contributed by atoms with E-state index in [-0.39, 0.29) is 19.1 Å². The Labute approximate surface area is 115 Å². The van der Waals surface area contributed by atoms with Crippen LogP contribution in [0, 0.1) is 11.3 Å². The molecule has 0 saturated carbocycles. The average molecular weight is 311 g/mol. The number of ether oxygens (including phenoxy) is 1. The monoisotopic (exact) mass is 310 g/mol. The summed E-state index contributed by atoms with van der Waals surface area (Å²) in [5, 5.41) is 10.8. The van der Waals surface area contributed by atoms with E-state index >= 15 is 0 Å². The van der Waals surface area contributed by atoms with Crippen LogP contribution in [0.3, 0.4) is 0 Å². The maximum absolute atomic E-state index is 11.3. The standard InChI is InChI=1S/C13H15BrN2O2/c1-9(2)11-7-10(14)3-4-12(11)18-8-13(17)16-6-5-15/h3-4,7,9H,6,8H2,1-2H3,(H,16,17). The van der Waals surface area contributed by atoms with Crippen molar-refractivity contribution in [1.82, 2.24) is 5.32 Å². The Morgan fingerprint density at radius 1 is 1.56 bits per heavy atom. The molecule has 96 valence electrons. The Bertz CT molecular complexity index is 467. The van der Waals surface area contributed by atoms with Gasteiger partial charge in [0.2, 0.25) is 0 Å². The van der Waals surface area contributed by atoms with Gasteiger partial charge in [-0.25, -0.2) is 0 Å². The van der Waals surface area contributed by atoms with E-state index in [4.69, 9.17) is 10.00 Å². The average Bonchev–Trinajstić information content (AvgIpc) is 2.34. The van der Waals surface area contributed by atoms with Gasteiger partial charge in [0.15, 0.2) is 6.61 Å². The van der Waals surface area contributed by atoms with Crippen LogP contribution in [0.25, 0.3) is 0 Å². The van der Waals surface area contributed by atoms with Crippen molar-refractivity contribution in [2.45, 2.75) is 19.8 Å². The van der Waals surface area contributed by atoms with Gasteiger partial charge in [0.05, 0.1) is 6.07 Å².